The van der Waals surface area contributed by atoms with Gasteiger partial charge in [0.15, 0.2) is 0 Å². The van der Waals surface area contributed by atoms with Crippen molar-refractivity contribution in [3.63, 3.8) is 0 Å². The molecule has 0 aliphatic carbocycles. The van der Waals surface area contributed by atoms with Gasteiger partial charge in [0.1, 0.15) is 0 Å². The largest absolute Gasteiger partial charge is 0.310 e. The fraction of sp³-hybridized carbons (Fsp3) is 0.500. The van der Waals surface area contributed by atoms with Crippen molar-refractivity contribution in [2.75, 3.05) is 0 Å². The summed E-state index contributed by atoms with van der Waals surface area (Å²) in [5, 5.41) is 0. The lowest BCUT2D eigenvalue weighted by Crippen LogP contribution is -2.26. The minimum absolute atomic E-state index is 0.223. The molecule has 3 heteroatoms. The number of rotatable bonds is 0. The van der Waals surface area contributed by atoms with Crippen LogP contribution in [-0.2, 0) is 0 Å². The molecule has 0 saturated carbocycles. The Balaban J connectivity index is 2.45. The van der Waals surface area contributed by atoms with E-state index in [0.717, 1.165) is 6.42 Å². The minimum Gasteiger partial charge on any atom is -0.310 e. The Hall–Kier alpha value is 0.230. The van der Waals surface area contributed by atoms with Crippen LogP contribution in [0.4, 0.5) is 0 Å². The molecule has 7 heavy (non-hydrogen) atoms. The average molecular weight is 210 g/mol. The van der Waals surface area contributed by atoms with E-state index in [0.29, 0.717) is 0 Å². The Morgan fingerprint density at radius 1 is 1.86 bits per heavy atom. The normalized spacial score (nSPS) is 29.4. The molecule has 1 aliphatic rings. The van der Waals surface area contributed by atoms with Gasteiger partial charge in [-0.15, -0.1) is 0 Å². The molecule has 0 bridgehead atoms. The first-order valence-electron chi connectivity index (χ1n) is 2.17. The molecule has 0 fully saturated rings. The molecule has 0 amide bonds. The van der Waals surface area contributed by atoms with E-state index < -0.39 is 0 Å². The Bertz CT molecular complexity index is 91.7. The number of nitrogens with two attached hydrogens (primary N) is 1. The number of hydrogen-bond acceptors (Lipinski definition) is 2. The standard InChI is InChI=1S/C4H7IN2/c5-7-3-1-2-4(7)6/h1,3-4H,2,6H2. The second kappa shape index (κ2) is 2.00. The molecule has 1 atom stereocenters. The third-order valence-electron chi connectivity index (χ3n) is 0.942. The highest BCUT2D eigenvalue weighted by atomic mass is 127. The molecular formula is C4H7IN2. The highest BCUT2D eigenvalue weighted by molar-refractivity contribution is 14.1. The first-order chi connectivity index (χ1) is 3.30. The zero-order chi connectivity index (χ0) is 5.28. The third kappa shape index (κ3) is 1.07. The van der Waals surface area contributed by atoms with Gasteiger partial charge in [-0.05, 0) is 0 Å². The molecule has 0 spiro atoms. The lowest BCUT2D eigenvalue weighted by atomic mass is 10.4. The van der Waals surface area contributed by atoms with Gasteiger partial charge < -0.3 is 8.85 Å². The van der Waals surface area contributed by atoms with Crippen LogP contribution in [0.5, 0.6) is 0 Å². The van der Waals surface area contributed by atoms with Crippen molar-refractivity contribution >= 4 is 22.9 Å². The summed E-state index contributed by atoms with van der Waals surface area (Å²) in [5.41, 5.74) is 5.53. The molecule has 1 unspecified atom stereocenters. The maximum Gasteiger partial charge on any atom is 0.0896 e. The van der Waals surface area contributed by atoms with Crippen molar-refractivity contribution in [1.29, 1.82) is 0 Å². The van der Waals surface area contributed by atoms with Crippen molar-refractivity contribution in [2.24, 2.45) is 5.73 Å². The van der Waals surface area contributed by atoms with E-state index in [9.17, 15) is 0 Å². The van der Waals surface area contributed by atoms with Gasteiger partial charge in [-0.2, -0.15) is 0 Å². The fourth-order valence-electron chi connectivity index (χ4n) is 0.512. The van der Waals surface area contributed by atoms with E-state index in [2.05, 4.69) is 28.9 Å². The molecule has 1 heterocycles. The quantitative estimate of drug-likeness (QED) is 0.474. The van der Waals surface area contributed by atoms with Crippen molar-refractivity contribution in [3.8, 4) is 0 Å². The predicted molar refractivity (Wildman–Crippen MR) is 37.6 cm³/mol. The smallest absolute Gasteiger partial charge is 0.0896 e. The summed E-state index contributed by atoms with van der Waals surface area (Å²) in [6.45, 7) is 0. The second-order valence-electron chi connectivity index (χ2n) is 1.53. The van der Waals surface area contributed by atoms with Gasteiger partial charge in [-0.3, -0.25) is 0 Å². The van der Waals surface area contributed by atoms with Crippen molar-refractivity contribution < 1.29 is 0 Å². The van der Waals surface area contributed by atoms with Crippen LogP contribution in [-0.4, -0.2) is 9.28 Å². The third-order valence-corrected chi connectivity index (χ3v) is 1.98. The molecular weight excluding hydrogens is 203 g/mol. The summed E-state index contributed by atoms with van der Waals surface area (Å²) >= 11 is 2.18. The van der Waals surface area contributed by atoms with Gasteiger partial charge in [0, 0.05) is 12.6 Å². The molecule has 2 nitrogen and oxygen atoms in total. The van der Waals surface area contributed by atoms with E-state index in [1.165, 1.54) is 0 Å². The lowest BCUT2D eigenvalue weighted by molar-refractivity contribution is 0.524. The minimum atomic E-state index is 0.223. The van der Waals surface area contributed by atoms with Crippen LogP contribution in [0.15, 0.2) is 12.3 Å². The van der Waals surface area contributed by atoms with Crippen molar-refractivity contribution in [2.45, 2.75) is 12.6 Å². The maximum atomic E-state index is 5.53. The van der Waals surface area contributed by atoms with Gasteiger partial charge in [-0.1, -0.05) is 6.08 Å². The van der Waals surface area contributed by atoms with E-state index in [1.54, 1.807) is 0 Å². The van der Waals surface area contributed by atoms with E-state index >= 15 is 0 Å². The van der Waals surface area contributed by atoms with Crippen LogP contribution in [0, 0.1) is 0 Å². The van der Waals surface area contributed by atoms with E-state index in [-0.39, 0.29) is 6.17 Å². The summed E-state index contributed by atoms with van der Waals surface area (Å²) < 4.78 is 1.97. The molecule has 0 saturated heterocycles. The Morgan fingerprint density at radius 3 is 2.71 bits per heavy atom. The lowest BCUT2D eigenvalue weighted by Gasteiger charge is -2.10. The van der Waals surface area contributed by atoms with Crippen LogP contribution < -0.4 is 5.73 Å². The predicted octanol–water partition coefficient (Wildman–Crippen LogP) is 0.841. The summed E-state index contributed by atoms with van der Waals surface area (Å²) in [6.07, 6.45) is 5.27. The van der Waals surface area contributed by atoms with E-state index in [4.69, 9.17) is 5.73 Å². The molecule has 1 aliphatic heterocycles. The molecule has 0 aromatic rings. The van der Waals surface area contributed by atoms with Crippen LogP contribution >= 0.6 is 22.9 Å². The van der Waals surface area contributed by atoms with Crippen LogP contribution in [0.3, 0.4) is 0 Å². The van der Waals surface area contributed by atoms with Crippen LogP contribution in [0.1, 0.15) is 6.42 Å². The number of hydrogen-bond donors (Lipinski definition) is 1. The van der Waals surface area contributed by atoms with Crippen LogP contribution in [0.2, 0.25) is 0 Å². The topological polar surface area (TPSA) is 29.3 Å². The average Bonchev–Trinajstić information content (AvgIpc) is 1.91. The number of halogens is 1. The van der Waals surface area contributed by atoms with Crippen molar-refractivity contribution in [1.82, 2.24) is 3.11 Å². The van der Waals surface area contributed by atoms with Gasteiger partial charge in [-0.25, -0.2) is 0 Å². The molecule has 40 valence electrons. The first-order valence-corrected chi connectivity index (χ1v) is 3.13. The summed E-state index contributed by atoms with van der Waals surface area (Å²) in [4.78, 5) is 0. The summed E-state index contributed by atoms with van der Waals surface area (Å²) in [6, 6.07) is 0. The van der Waals surface area contributed by atoms with Gasteiger partial charge in [0.05, 0.1) is 29.0 Å². The fourth-order valence-corrected chi connectivity index (χ4v) is 0.967. The van der Waals surface area contributed by atoms with Gasteiger partial charge >= 0.3 is 0 Å². The first kappa shape index (κ1) is 5.37. The summed E-state index contributed by atoms with van der Waals surface area (Å²) in [5.74, 6) is 0. The highest BCUT2D eigenvalue weighted by Crippen LogP contribution is 2.13. The Labute approximate surface area is 56.9 Å². The second-order valence-corrected chi connectivity index (χ2v) is 2.65. The maximum absolute atomic E-state index is 5.53. The molecule has 1 rings (SSSR count). The van der Waals surface area contributed by atoms with E-state index in [1.807, 2.05) is 9.31 Å². The number of nitrogens with zero attached hydrogens (tertiary/aromatic N) is 1. The van der Waals surface area contributed by atoms with Crippen molar-refractivity contribution in [3.05, 3.63) is 12.3 Å². The molecule has 2 N–H and O–H groups in total. The Morgan fingerprint density at radius 2 is 2.57 bits per heavy atom. The molecule has 0 aromatic heterocycles. The highest BCUT2D eigenvalue weighted by Gasteiger charge is 2.09. The van der Waals surface area contributed by atoms with Gasteiger partial charge in [0.2, 0.25) is 0 Å². The molecule has 0 aromatic carbocycles. The summed E-state index contributed by atoms with van der Waals surface area (Å²) in [7, 11) is 0. The monoisotopic (exact) mass is 210 g/mol. The van der Waals surface area contributed by atoms with Crippen LogP contribution in [0.25, 0.3) is 0 Å². The zero-order valence-corrected chi connectivity index (χ0v) is 6.00. The Kier molecular flexibility index (Phi) is 1.53. The SMILES string of the molecule is NC1CC=CN1I. The zero-order valence-electron chi connectivity index (χ0n) is 3.84. The molecule has 0 radical (unpaired) electrons. The van der Waals surface area contributed by atoms with Gasteiger partial charge in [0.25, 0.3) is 0 Å².